The maximum Gasteiger partial charge on any atom is 0.161 e. The second-order valence-corrected chi connectivity index (χ2v) is 4.84. The van der Waals surface area contributed by atoms with Crippen molar-refractivity contribution in [3.8, 4) is 11.5 Å². The molecule has 2 rings (SSSR count). The Morgan fingerprint density at radius 3 is 2.83 bits per heavy atom. The summed E-state index contributed by atoms with van der Waals surface area (Å²) < 4.78 is 11.3. The number of ether oxygens (including phenoxy) is 2. The van der Waals surface area contributed by atoms with Gasteiger partial charge in [0.15, 0.2) is 11.5 Å². The SMILES string of the molecule is CCOc1cc(CCl)ccc1OCc1cncs1. The quantitative estimate of drug-likeness (QED) is 0.755. The summed E-state index contributed by atoms with van der Waals surface area (Å²) in [6.07, 6.45) is 1.80. The molecule has 0 radical (unpaired) electrons. The van der Waals surface area contributed by atoms with Crippen molar-refractivity contribution < 1.29 is 9.47 Å². The number of rotatable bonds is 6. The molecule has 1 aromatic heterocycles. The third-order valence-electron chi connectivity index (χ3n) is 2.32. The third-order valence-corrected chi connectivity index (χ3v) is 3.38. The third kappa shape index (κ3) is 3.37. The van der Waals surface area contributed by atoms with Crippen LogP contribution in [0.2, 0.25) is 0 Å². The monoisotopic (exact) mass is 283 g/mol. The standard InChI is InChI=1S/C13H14ClNO2S/c1-2-16-13-5-10(6-14)3-4-12(13)17-8-11-7-15-9-18-11/h3-5,7,9H,2,6,8H2,1H3. The molecule has 0 aliphatic carbocycles. The second-order valence-electron chi connectivity index (χ2n) is 3.60. The maximum atomic E-state index is 5.81. The fraction of sp³-hybridized carbons (Fsp3) is 0.308. The maximum absolute atomic E-state index is 5.81. The molecule has 0 aliphatic rings. The van der Waals surface area contributed by atoms with E-state index in [1.54, 1.807) is 23.0 Å². The minimum absolute atomic E-state index is 0.467. The van der Waals surface area contributed by atoms with Crippen LogP contribution in [0.5, 0.6) is 11.5 Å². The Balaban J connectivity index is 2.10. The van der Waals surface area contributed by atoms with Gasteiger partial charge in [0.2, 0.25) is 0 Å². The topological polar surface area (TPSA) is 31.4 Å². The fourth-order valence-corrected chi connectivity index (χ4v) is 2.16. The normalized spacial score (nSPS) is 10.3. The van der Waals surface area contributed by atoms with Crippen LogP contribution >= 0.6 is 22.9 Å². The largest absolute Gasteiger partial charge is 0.490 e. The van der Waals surface area contributed by atoms with E-state index in [2.05, 4.69) is 4.98 Å². The number of hydrogen-bond donors (Lipinski definition) is 0. The molecule has 0 fully saturated rings. The summed E-state index contributed by atoms with van der Waals surface area (Å²) in [6.45, 7) is 3.05. The first-order valence-corrected chi connectivity index (χ1v) is 7.06. The van der Waals surface area contributed by atoms with Crippen LogP contribution in [0.1, 0.15) is 17.4 Å². The molecule has 0 N–H and O–H groups in total. The van der Waals surface area contributed by atoms with E-state index in [0.717, 1.165) is 21.9 Å². The highest BCUT2D eigenvalue weighted by Crippen LogP contribution is 2.30. The van der Waals surface area contributed by atoms with Crippen molar-refractivity contribution in [1.29, 1.82) is 0 Å². The van der Waals surface area contributed by atoms with Gasteiger partial charge in [-0.05, 0) is 24.6 Å². The molecule has 3 nitrogen and oxygen atoms in total. The molecular weight excluding hydrogens is 270 g/mol. The first-order valence-electron chi connectivity index (χ1n) is 5.65. The van der Waals surface area contributed by atoms with Crippen LogP contribution < -0.4 is 9.47 Å². The van der Waals surface area contributed by atoms with Crippen LogP contribution in [0, 0.1) is 0 Å². The highest BCUT2D eigenvalue weighted by Gasteiger charge is 2.07. The fourth-order valence-electron chi connectivity index (χ4n) is 1.49. The zero-order valence-electron chi connectivity index (χ0n) is 10.1. The van der Waals surface area contributed by atoms with Crippen molar-refractivity contribution in [3.63, 3.8) is 0 Å². The average molecular weight is 284 g/mol. The minimum Gasteiger partial charge on any atom is -0.490 e. The minimum atomic E-state index is 0.467. The molecule has 5 heteroatoms. The molecule has 0 saturated heterocycles. The summed E-state index contributed by atoms with van der Waals surface area (Å²) in [4.78, 5) is 5.09. The molecule has 2 aromatic rings. The Morgan fingerprint density at radius 1 is 1.28 bits per heavy atom. The molecular formula is C13H14ClNO2S. The lowest BCUT2D eigenvalue weighted by atomic mass is 10.2. The van der Waals surface area contributed by atoms with Gasteiger partial charge in [-0.15, -0.1) is 22.9 Å². The van der Waals surface area contributed by atoms with Gasteiger partial charge >= 0.3 is 0 Å². The van der Waals surface area contributed by atoms with E-state index in [0.29, 0.717) is 19.1 Å². The van der Waals surface area contributed by atoms with E-state index >= 15 is 0 Å². The van der Waals surface area contributed by atoms with Crippen LogP contribution in [0.3, 0.4) is 0 Å². The Bertz CT molecular complexity index is 488. The van der Waals surface area contributed by atoms with Crippen molar-refractivity contribution in [2.75, 3.05) is 6.61 Å². The second kappa shape index (κ2) is 6.61. The number of hydrogen-bond acceptors (Lipinski definition) is 4. The van der Waals surface area contributed by atoms with Gasteiger partial charge in [-0.3, -0.25) is 4.98 Å². The van der Waals surface area contributed by atoms with E-state index in [-0.39, 0.29) is 0 Å². The predicted molar refractivity (Wildman–Crippen MR) is 73.6 cm³/mol. The first-order chi connectivity index (χ1) is 8.83. The van der Waals surface area contributed by atoms with Crippen molar-refractivity contribution >= 4 is 22.9 Å². The molecule has 0 saturated carbocycles. The zero-order chi connectivity index (χ0) is 12.8. The Kier molecular flexibility index (Phi) is 4.84. The lowest BCUT2D eigenvalue weighted by Crippen LogP contribution is -1.99. The molecule has 1 heterocycles. The van der Waals surface area contributed by atoms with Crippen molar-refractivity contribution in [2.45, 2.75) is 19.4 Å². The van der Waals surface area contributed by atoms with Crippen LogP contribution in [0.15, 0.2) is 29.9 Å². The van der Waals surface area contributed by atoms with Gasteiger partial charge in [-0.2, -0.15) is 0 Å². The Hall–Kier alpha value is -1.26. The summed E-state index contributed by atoms with van der Waals surface area (Å²) in [5, 5.41) is 0. The summed E-state index contributed by atoms with van der Waals surface area (Å²) in [6, 6.07) is 5.75. The summed E-state index contributed by atoms with van der Waals surface area (Å²) in [5.74, 6) is 1.94. The van der Waals surface area contributed by atoms with E-state index in [1.165, 1.54) is 0 Å². The molecule has 0 aliphatic heterocycles. The molecule has 0 spiro atoms. The lowest BCUT2D eigenvalue weighted by Gasteiger charge is -2.12. The Labute approximate surface area is 115 Å². The zero-order valence-corrected chi connectivity index (χ0v) is 11.6. The van der Waals surface area contributed by atoms with Crippen molar-refractivity contribution in [1.82, 2.24) is 4.98 Å². The van der Waals surface area contributed by atoms with Crippen LogP contribution in [-0.4, -0.2) is 11.6 Å². The molecule has 1 aromatic carbocycles. The van der Waals surface area contributed by atoms with E-state index < -0.39 is 0 Å². The number of nitrogens with zero attached hydrogens (tertiary/aromatic N) is 1. The van der Waals surface area contributed by atoms with Crippen LogP contribution in [0.25, 0.3) is 0 Å². The number of alkyl halides is 1. The van der Waals surface area contributed by atoms with Crippen molar-refractivity contribution in [2.24, 2.45) is 0 Å². The number of benzene rings is 1. The average Bonchev–Trinajstić information content (AvgIpc) is 2.90. The molecule has 18 heavy (non-hydrogen) atoms. The lowest BCUT2D eigenvalue weighted by molar-refractivity contribution is 0.271. The van der Waals surface area contributed by atoms with Gasteiger partial charge in [0.05, 0.1) is 17.0 Å². The van der Waals surface area contributed by atoms with E-state index in [4.69, 9.17) is 21.1 Å². The van der Waals surface area contributed by atoms with Crippen molar-refractivity contribution in [3.05, 3.63) is 40.3 Å². The predicted octanol–water partition coefficient (Wildman–Crippen LogP) is 3.86. The molecule has 0 amide bonds. The number of thiazole rings is 1. The number of aromatic nitrogens is 1. The van der Waals surface area contributed by atoms with Gasteiger partial charge in [0.1, 0.15) is 6.61 Å². The summed E-state index contributed by atoms with van der Waals surface area (Å²) >= 11 is 7.38. The smallest absolute Gasteiger partial charge is 0.161 e. The highest BCUT2D eigenvalue weighted by atomic mass is 35.5. The van der Waals surface area contributed by atoms with Gasteiger partial charge in [0, 0.05) is 12.1 Å². The first kappa shape index (κ1) is 13.2. The molecule has 96 valence electrons. The molecule has 0 atom stereocenters. The Morgan fingerprint density at radius 2 is 2.17 bits per heavy atom. The van der Waals surface area contributed by atoms with E-state index in [9.17, 15) is 0 Å². The van der Waals surface area contributed by atoms with Crippen LogP contribution in [0.4, 0.5) is 0 Å². The van der Waals surface area contributed by atoms with Crippen LogP contribution in [-0.2, 0) is 12.5 Å². The van der Waals surface area contributed by atoms with E-state index in [1.807, 2.05) is 25.1 Å². The molecule has 0 bridgehead atoms. The van der Waals surface area contributed by atoms with Gasteiger partial charge < -0.3 is 9.47 Å². The van der Waals surface area contributed by atoms with Gasteiger partial charge in [-0.1, -0.05) is 6.07 Å². The van der Waals surface area contributed by atoms with Gasteiger partial charge in [-0.25, -0.2) is 0 Å². The highest BCUT2D eigenvalue weighted by molar-refractivity contribution is 7.09. The summed E-state index contributed by atoms with van der Waals surface area (Å²) in [5.41, 5.74) is 2.81. The molecule has 0 unspecified atom stereocenters. The number of halogens is 1. The van der Waals surface area contributed by atoms with Gasteiger partial charge in [0.25, 0.3) is 0 Å². The summed E-state index contributed by atoms with van der Waals surface area (Å²) in [7, 11) is 0.